The smallest absolute Gasteiger partial charge is 0.310 e. The number of hydrogen-bond donors (Lipinski definition) is 3. The van der Waals surface area contributed by atoms with Gasteiger partial charge in [0.2, 0.25) is 0 Å². The fourth-order valence-electron chi connectivity index (χ4n) is 7.03. The molecule has 3 atom stereocenters. The topological polar surface area (TPSA) is 105 Å². The molecule has 0 amide bonds. The molecule has 0 aromatic heterocycles. The Morgan fingerprint density at radius 2 is 1.84 bits per heavy atom. The maximum atomic E-state index is 14.3. The van der Waals surface area contributed by atoms with E-state index in [0.29, 0.717) is 56.4 Å². The Morgan fingerprint density at radius 3 is 2.55 bits per heavy atom. The second kappa shape index (κ2) is 10.6. The zero-order valence-electron chi connectivity index (χ0n) is 21.8. The minimum absolute atomic E-state index is 0.00116. The summed E-state index contributed by atoms with van der Waals surface area (Å²) in [5.74, 6) is -0.879. The van der Waals surface area contributed by atoms with Crippen LogP contribution in [0.15, 0.2) is 36.4 Å². The van der Waals surface area contributed by atoms with Crippen LogP contribution in [0.5, 0.6) is 11.5 Å². The maximum absolute atomic E-state index is 14.3. The summed E-state index contributed by atoms with van der Waals surface area (Å²) in [4.78, 5) is 24.8. The quantitative estimate of drug-likeness (QED) is 0.417. The lowest BCUT2D eigenvalue weighted by Gasteiger charge is -2.40. The normalized spacial score (nSPS) is 25.9. The van der Waals surface area contributed by atoms with E-state index in [2.05, 4.69) is 5.32 Å². The highest BCUT2D eigenvalue weighted by Gasteiger charge is 2.64. The molecule has 3 unspecified atom stereocenters. The van der Waals surface area contributed by atoms with Gasteiger partial charge < -0.3 is 25.0 Å². The molecule has 2 saturated carbocycles. The number of carboxylic acids is 2. The largest absolute Gasteiger partial charge is 0.492 e. The molecule has 8 heteroatoms. The van der Waals surface area contributed by atoms with Crippen LogP contribution in [0.4, 0.5) is 4.39 Å². The highest BCUT2D eigenvalue weighted by molar-refractivity contribution is 5.87. The van der Waals surface area contributed by atoms with Crippen LogP contribution in [0.1, 0.15) is 68.6 Å². The van der Waals surface area contributed by atoms with Crippen molar-refractivity contribution in [1.29, 1.82) is 0 Å². The van der Waals surface area contributed by atoms with E-state index in [1.54, 1.807) is 6.07 Å². The molecule has 0 radical (unpaired) electrons. The Kier molecular flexibility index (Phi) is 7.36. The Hall–Kier alpha value is -3.13. The summed E-state index contributed by atoms with van der Waals surface area (Å²) >= 11 is 0. The van der Waals surface area contributed by atoms with Crippen LogP contribution in [0.2, 0.25) is 0 Å². The summed E-state index contributed by atoms with van der Waals surface area (Å²) in [6.07, 6.45) is 5.15. The van der Waals surface area contributed by atoms with Gasteiger partial charge in [0, 0.05) is 23.7 Å². The average Bonchev–Trinajstić information content (AvgIpc) is 3.57. The van der Waals surface area contributed by atoms with Gasteiger partial charge in [0.1, 0.15) is 30.5 Å². The number of ether oxygens (including phenoxy) is 2. The van der Waals surface area contributed by atoms with Crippen molar-refractivity contribution >= 4 is 11.9 Å². The standard InChI is InChI=1S/C30H36FNO6/c1-2-19-6-5-7-25(31)24(19)18-37-23-9-8-20-14-22(17-38-26(20)15-23)32-21-10-13-30(16-21,28(35)36)29(27(33)34)11-3-4-12-29/h5-9,15,21-22,32H,2-4,10-14,16-18H2,1H3,(H,33,34)(H,35,36). The highest BCUT2D eigenvalue weighted by Crippen LogP contribution is 2.59. The lowest BCUT2D eigenvalue weighted by molar-refractivity contribution is -0.174. The van der Waals surface area contributed by atoms with Crippen molar-refractivity contribution in [1.82, 2.24) is 5.32 Å². The third kappa shape index (κ3) is 4.64. The lowest BCUT2D eigenvalue weighted by Crippen LogP contribution is -2.51. The van der Waals surface area contributed by atoms with Crippen LogP contribution in [-0.2, 0) is 29.0 Å². The maximum Gasteiger partial charge on any atom is 0.310 e. The van der Waals surface area contributed by atoms with E-state index in [4.69, 9.17) is 9.47 Å². The second-order valence-corrected chi connectivity index (χ2v) is 11.1. The van der Waals surface area contributed by atoms with Crippen molar-refractivity contribution < 1.29 is 33.7 Å². The number of carbonyl (C=O) groups is 2. The van der Waals surface area contributed by atoms with Crippen molar-refractivity contribution in [3.05, 3.63) is 58.9 Å². The van der Waals surface area contributed by atoms with Gasteiger partial charge in [0.05, 0.1) is 10.8 Å². The van der Waals surface area contributed by atoms with Gasteiger partial charge in [0.15, 0.2) is 0 Å². The molecule has 2 fully saturated rings. The van der Waals surface area contributed by atoms with Crippen molar-refractivity contribution in [2.45, 2.75) is 83.4 Å². The predicted molar refractivity (Wildman–Crippen MR) is 139 cm³/mol. The Morgan fingerprint density at radius 1 is 1.08 bits per heavy atom. The van der Waals surface area contributed by atoms with E-state index in [1.807, 2.05) is 31.2 Å². The number of nitrogens with one attached hydrogen (secondary N) is 1. The van der Waals surface area contributed by atoms with Crippen molar-refractivity contribution in [3.8, 4) is 11.5 Å². The summed E-state index contributed by atoms with van der Waals surface area (Å²) in [5, 5.41) is 23.9. The van der Waals surface area contributed by atoms with E-state index in [1.165, 1.54) is 6.07 Å². The molecule has 204 valence electrons. The monoisotopic (exact) mass is 525 g/mol. The molecular formula is C30H36FNO6. The fourth-order valence-corrected chi connectivity index (χ4v) is 7.03. The van der Waals surface area contributed by atoms with Gasteiger partial charge >= 0.3 is 11.9 Å². The molecular weight excluding hydrogens is 489 g/mol. The molecule has 1 aliphatic heterocycles. The molecule has 2 aromatic carbocycles. The number of carboxylic acid groups (broad SMARTS) is 2. The highest BCUT2D eigenvalue weighted by atomic mass is 19.1. The van der Waals surface area contributed by atoms with Crippen LogP contribution in [-0.4, -0.2) is 40.8 Å². The van der Waals surface area contributed by atoms with Crippen LogP contribution in [0.25, 0.3) is 0 Å². The Labute approximate surface area is 222 Å². The predicted octanol–water partition coefficient (Wildman–Crippen LogP) is 5.13. The summed E-state index contributed by atoms with van der Waals surface area (Å²) in [6, 6.07) is 10.6. The van der Waals surface area contributed by atoms with Gasteiger partial charge in [-0.3, -0.25) is 9.59 Å². The fraction of sp³-hybridized carbons (Fsp3) is 0.533. The molecule has 1 heterocycles. The summed E-state index contributed by atoms with van der Waals surface area (Å²) in [6.45, 7) is 2.55. The Bertz CT molecular complexity index is 1210. The number of halogens is 1. The minimum atomic E-state index is -1.23. The summed E-state index contributed by atoms with van der Waals surface area (Å²) < 4.78 is 26.2. The molecule has 2 aliphatic carbocycles. The van der Waals surface area contributed by atoms with Gasteiger partial charge in [-0.15, -0.1) is 0 Å². The van der Waals surface area contributed by atoms with Gasteiger partial charge in [-0.05, 0) is 68.2 Å². The van der Waals surface area contributed by atoms with Crippen LogP contribution >= 0.6 is 0 Å². The third-order valence-corrected chi connectivity index (χ3v) is 9.10. The van der Waals surface area contributed by atoms with Crippen molar-refractivity contribution in [2.24, 2.45) is 10.8 Å². The number of fused-ring (bicyclic) bond motifs is 1. The second-order valence-electron chi connectivity index (χ2n) is 11.1. The number of hydrogen-bond acceptors (Lipinski definition) is 5. The molecule has 7 nitrogen and oxygen atoms in total. The van der Waals surface area contributed by atoms with Crippen molar-refractivity contribution in [3.63, 3.8) is 0 Å². The third-order valence-electron chi connectivity index (χ3n) is 9.10. The Balaban J connectivity index is 1.22. The first kappa shape index (κ1) is 26.5. The number of aliphatic carboxylic acids is 2. The van der Waals surface area contributed by atoms with Crippen LogP contribution < -0.4 is 14.8 Å². The van der Waals surface area contributed by atoms with Crippen LogP contribution in [0, 0.1) is 16.6 Å². The number of rotatable bonds is 9. The lowest BCUT2D eigenvalue weighted by atomic mass is 9.60. The zero-order valence-corrected chi connectivity index (χ0v) is 21.8. The SMILES string of the molecule is CCc1cccc(F)c1COc1ccc2c(c1)OCC(NC1CCC(C(=O)O)(C3(C(=O)O)CCCC3)C1)C2. The molecule has 5 rings (SSSR count). The first-order chi connectivity index (χ1) is 18.3. The number of benzene rings is 2. The van der Waals surface area contributed by atoms with E-state index in [9.17, 15) is 24.2 Å². The molecule has 0 saturated heterocycles. The van der Waals surface area contributed by atoms with Gasteiger partial charge in [0.25, 0.3) is 0 Å². The van der Waals surface area contributed by atoms with E-state index >= 15 is 0 Å². The average molecular weight is 526 g/mol. The van der Waals surface area contributed by atoms with Gasteiger partial charge in [-0.25, -0.2) is 4.39 Å². The van der Waals surface area contributed by atoms with Crippen molar-refractivity contribution in [2.75, 3.05) is 6.61 Å². The summed E-state index contributed by atoms with van der Waals surface area (Å²) in [7, 11) is 0. The first-order valence-electron chi connectivity index (χ1n) is 13.7. The first-order valence-corrected chi connectivity index (χ1v) is 13.7. The summed E-state index contributed by atoms with van der Waals surface area (Å²) in [5.41, 5.74) is 0.0922. The van der Waals surface area contributed by atoms with Crippen LogP contribution in [0.3, 0.4) is 0 Å². The van der Waals surface area contributed by atoms with Gasteiger partial charge in [-0.1, -0.05) is 38.0 Å². The molecule has 3 aliphatic rings. The molecule has 38 heavy (non-hydrogen) atoms. The molecule has 0 bridgehead atoms. The minimum Gasteiger partial charge on any atom is -0.492 e. The zero-order chi connectivity index (χ0) is 26.9. The van der Waals surface area contributed by atoms with Gasteiger partial charge in [-0.2, -0.15) is 0 Å². The number of aryl methyl sites for hydroxylation is 1. The van der Waals surface area contributed by atoms with E-state index < -0.39 is 22.8 Å². The molecule has 3 N–H and O–H groups in total. The molecule has 2 aromatic rings. The van der Waals surface area contributed by atoms with E-state index in [-0.39, 0.29) is 24.5 Å². The molecule has 0 spiro atoms. The van der Waals surface area contributed by atoms with E-state index in [0.717, 1.165) is 36.1 Å².